The number of carbonyl (C=O) groups excluding carboxylic acids is 1. The van der Waals surface area contributed by atoms with Crippen LogP contribution in [0.15, 0.2) is 36.4 Å². The summed E-state index contributed by atoms with van der Waals surface area (Å²) in [5.74, 6) is -3.01. The Bertz CT molecular complexity index is 626. The first-order valence-corrected chi connectivity index (χ1v) is 5.60. The first-order chi connectivity index (χ1) is 8.99. The van der Waals surface area contributed by atoms with Crippen LogP contribution in [0.3, 0.4) is 0 Å². The fraction of sp³-hybridized carbons (Fsp3) is 0. The lowest BCUT2D eigenvalue weighted by Crippen LogP contribution is -2.14. The molecule has 0 aromatic heterocycles. The topological polar surface area (TPSA) is 49.3 Å². The van der Waals surface area contributed by atoms with Gasteiger partial charge in [-0.25, -0.2) is 8.78 Å². The normalized spacial score (nSPS) is 10.3. The molecule has 0 unspecified atom stereocenters. The van der Waals surface area contributed by atoms with E-state index in [-0.39, 0.29) is 16.3 Å². The number of nitrogens with one attached hydrogen (secondary N) is 1. The van der Waals surface area contributed by atoms with Gasteiger partial charge in [0.05, 0.1) is 5.56 Å². The van der Waals surface area contributed by atoms with E-state index in [1.54, 1.807) is 0 Å². The van der Waals surface area contributed by atoms with Crippen molar-refractivity contribution in [2.24, 2.45) is 0 Å². The van der Waals surface area contributed by atoms with E-state index in [1.165, 1.54) is 18.2 Å². The standard InChI is InChI=1S/C13H8ClF2NO2/c14-7-4-5-8(11(18)6-7)13(19)17-12-9(15)2-1-3-10(12)16/h1-6,18H,(H,17,19). The van der Waals surface area contributed by atoms with Crippen LogP contribution >= 0.6 is 11.6 Å². The van der Waals surface area contributed by atoms with Crippen LogP contribution in [0.5, 0.6) is 5.75 Å². The minimum Gasteiger partial charge on any atom is -0.507 e. The first-order valence-electron chi connectivity index (χ1n) is 5.23. The van der Waals surface area contributed by atoms with Crippen molar-refractivity contribution in [2.75, 3.05) is 5.32 Å². The van der Waals surface area contributed by atoms with Crippen LogP contribution < -0.4 is 5.32 Å². The Morgan fingerprint density at radius 1 is 1.16 bits per heavy atom. The number of hydrogen-bond acceptors (Lipinski definition) is 2. The van der Waals surface area contributed by atoms with Crippen LogP contribution in [-0.2, 0) is 0 Å². The lowest BCUT2D eigenvalue weighted by Gasteiger charge is -2.08. The molecule has 98 valence electrons. The molecule has 3 nitrogen and oxygen atoms in total. The number of hydrogen-bond donors (Lipinski definition) is 2. The molecule has 0 atom stereocenters. The van der Waals surface area contributed by atoms with E-state index >= 15 is 0 Å². The van der Waals surface area contributed by atoms with Crippen LogP contribution in [0.25, 0.3) is 0 Å². The van der Waals surface area contributed by atoms with E-state index in [9.17, 15) is 18.7 Å². The molecule has 0 aliphatic rings. The van der Waals surface area contributed by atoms with Crippen LogP contribution in [0.1, 0.15) is 10.4 Å². The van der Waals surface area contributed by atoms with Crippen molar-refractivity contribution in [3.63, 3.8) is 0 Å². The summed E-state index contributed by atoms with van der Waals surface area (Å²) in [4.78, 5) is 11.8. The number of carbonyl (C=O) groups is 1. The Morgan fingerprint density at radius 3 is 2.37 bits per heavy atom. The van der Waals surface area contributed by atoms with Crippen molar-refractivity contribution < 1.29 is 18.7 Å². The highest BCUT2D eigenvalue weighted by molar-refractivity contribution is 6.30. The highest BCUT2D eigenvalue weighted by Gasteiger charge is 2.16. The largest absolute Gasteiger partial charge is 0.507 e. The molecule has 0 saturated heterocycles. The second-order valence-electron chi connectivity index (χ2n) is 3.71. The SMILES string of the molecule is O=C(Nc1c(F)cccc1F)c1ccc(Cl)cc1O. The number of halogens is 3. The summed E-state index contributed by atoms with van der Waals surface area (Å²) >= 11 is 5.62. The molecule has 19 heavy (non-hydrogen) atoms. The fourth-order valence-electron chi connectivity index (χ4n) is 1.49. The molecule has 1 amide bonds. The Labute approximate surface area is 112 Å². The number of benzene rings is 2. The second-order valence-corrected chi connectivity index (χ2v) is 4.15. The molecule has 0 aliphatic carbocycles. The monoisotopic (exact) mass is 283 g/mol. The molecule has 2 aromatic rings. The van der Waals surface area contributed by atoms with Gasteiger partial charge in [-0.15, -0.1) is 0 Å². The molecule has 0 radical (unpaired) electrons. The predicted octanol–water partition coefficient (Wildman–Crippen LogP) is 3.58. The number of phenolic OH excluding ortho intramolecular Hbond substituents is 1. The number of phenols is 1. The van der Waals surface area contributed by atoms with Gasteiger partial charge in [-0.1, -0.05) is 17.7 Å². The number of aromatic hydroxyl groups is 1. The van der Waals surface area contributed by atoms with Crippen molar-refractivity contribution >= 4 is 23.2 Å². The molecule has 0 fully saturated rings. The van der Waals surface area contributed by atoms with Crippen LogP contribution in [0, 0.1) is 11.6 Å². The molecular weight excluding hydrogens is 276 g/mol. The Morgan fingerprint density at radius 2 is 1.79 bits per heavy atom. The Hall–Kier alpha value is -2.14. The zero-order valence-electron chi connectivity index (χ0n) is 9.45. The van der Waals surface area contributed by atoms with Gasteiger partial charge in [-0.05, 0) is 30.3 Å². The number of amides is 1. The number of para-hydroxylation sites is 1. The molecule has 6 heteroatoms. The van der Waals surface area contributed by atoms with Crippen molar-refractivity contribution in [3.05, 3.63) is 58.6 Å². The van der Waals surface area contributed by atoms with Crippen LogP contribution in [0.2, 0.25) is 5.02 Å². The molecular formula is C13H8ClF2NO2. The summed E-state index contributed by atoms with van der Waals surface area (Å²) in [5.41, 5.74) is -0.700. The molecule has 0 spiro atoms. The maximum atomic E-state index is 13.4. The Balaban J connectivity index is 2.31. The highest BCUT2D eigenvalue weighted by Crippen LogP contribution is 2.24. The molecule has 0 bridgehead atoms. The summed E-state index contributed by atoms with van der Waals surface area (Å²) in [5, 5.41) is 11.9. The van der Waals surface area contributed by atoms with Gasteiger partial charge in [0.15, 0.2) is 0 Å². The minimum atomic E-state index is -0.901. The molecule has 0 heterocycles. The van der Waals surface area contributed by atoms with Crippen LogP contribution in [-0.4, -0.2) is 11.0 Å². The van der Waals surface area contributed by atoms with E-state index in [0.29, 0.717) is 0 Å². The lowest BCUT2D eigenvalue weighted by atomic mass is 10.2. The van der Waals surface area contributed by atoms with Gasteiger partial charge in [0, 0.05) is 5.02 Å². The molecule has 0 saturated carbocycles. The predicted molar refractivity (Wildman–Crippen MR) is 67.4 cm³/mol. The minimum absolute atomic E-state index is 0.132. The maximum Gasteiger partial charge on any atom is 0.259 e. The maximum absolute atomic E-state index is 13.4. The van der Waals surface area contributed by atoms with Crippen molar-refractivity contribution in [2.45, 2.75) is 0 Å². The summed E-state index contributed by atoms with van der Waals surface area (Å²) < 4.78 is 26.7. The summed E-state index contributed by atoms with van der Waals surface area (Å²) in [6.45, 7) is 0. The average molecular weight is 284 g/mol. The van der Waals surface area contributed by atoms with Crippen molar-refractivity contribution in [1.29, 1.82) is 0 Å². The molecule has 0 aliphatic heterocycles. The zero-order valence-corrected chi connectivity index (χ0v) is 10.2. The third-order valence-corrected chi connectivity index (χ3v) is 2.64. The van der Waals surface area contributed by atoms with Gasteiger partial charge in [-0.2, -0.15) is 0 Å². The molecule has 2 rings (SSSR count). The summed E-state index contributed by atoms with van der Waals surface area (Å²) in [6.07, 6.45) is 0. The fourth-order valence-corrected chi connectivity index (χ4v) is 1.66. The van der Waals surface area contributed by atoms with Gasteiger partial charge in [0.1, 0.15) is 23.1 Å². The lowest BCUT2D eigenvalue weighted by molar-refractivity contribution is 0.102. The third kappa shape index (κ3) is 2.82. The van der Waals surface area contributed by atoms with Crippen molar-refractivity contribution in [3.8, 4) is 5.75 Å². The Kier molecular flexibility index (Phi) is 3.66. The second kappa shape index (κ2) is 5.24. The van der Waals surface area contributed by atoms with E-state index in [2.05, 4.69) is 5.32 Å². The van der Waals surface area contributed by atoms with E-state index in [4.69, 9.17) is 11.6 Å². The van der Waals surface area contributed by atoms with Crippen LogP contribution in [0.4, 0.5) is 14.5 Å². The van der Waals surface area contributed by atoms with Gasteiger partial charge in [0.25, 0.3) is 5.91 Å². The van der Waals surface area contributed by atoms with Gasteiger partial charge < -0.3 is 10.4 Å². The van der Waals surface area contributed by atoms with Gasteiger partial charge >= 0.3 is 0 Å². The first kappa shape index (κ1) is 13.3. The van der Waals surface area contributed by atoms with E-state index < -0.39 is 23.2 Å². The summed E-state index contributed by atoms with van der Waals surface area (Å²) in [6, 6.07) is 7.01. The van der Waals surface area contributed by atoms with Gasteiger partial charge in [0.2, 0.25) is 0 Å². The van der Waals surface area contributed by atoms with E-state index in [1.807, 2.05) is 0 Å². The molecule has 2 aromatic carbocycles. The third-order valence-electron chi connectivity index (χ3n) is 2.41. The number of rotatable bonds is 2. The van der Waals surface area contributed by atoms with Crippen molar-refractivity contribution in [1.82, 2.24) is 0 Å². The highest BCUT2D eigenvalue weighted by atomic mass is 35.5. The van der Waals surface area contributed by atoms with Gasteiger partial charge in [-0.3, -0.25) is 4.79 Å². The number of anilines is 1. The smallest absolute Gasteiger partial charge is 0.259 e. The molecule has 2 N–H and O–H groups in total. The quantitative estimate of drug-likeness (QED) is 0.885. The zero-order chi connectivity index (χ0) is 14.0. The van der Waals surface area contributed by atoms with E-state index in [0.717, 1.165) is 18.2 Å². The summed E-state index contributed by atoms with van der Waals surface area (Å²) in [7, 11) is 0. The average Bonchev–Trinajstić information content (AvgIpc) is 2.33.